The number of hydrogen-bond donors (Lipinski definition) is 1. The number of ether oxygens (including phenoxy) is 1. The zero-order valence-electron chi connectivity index (χ0n) is 19.6. The molecule has 0 atom stereocenters. The maximum atomic E-state index is 10.4. The molecular weight excluding hydrogens is 408 g/mol. The van der Waals surface area contributed by atoms with Gasteiger partial charge in [0.1, 0.15) is 6.29 Å². The van der Waals surface area contributed by atoms with Gasteiger partial charge in [0, 0.05) is 19.3 Å². The van der Waals surface area contributed by atoms with Gasteiger partial charge in [-0.25, -0.2) is 0 Å². The molecule has 0 saturated heterocycles. The summed E-state index contributed by atoms with van der Waals surface area (Å²) in [7, 11) is 1.67. The van der Waals surface area contributed by atoms with Crippen LogP contribution in [0.4, 0.5) is 0 Å². The van der Waals surface area contributed by atoms with Crippen LogP contribution in [0.1, 0.15) is 45.6 Å². The Morgan fingerprint density at radius 3 is 1.91 bits per heavy atom. The summed E-state index contributed by atoms with van der Waals surface area (Å²) in [5, 5.41) is 8.61. The number of hydrogen-bond acceptors (Lipinski definition) is 3. The Hall–Kier alpha value is -3.01. The molecule has 0 radical (unpaired) electrons. The summed E-state index contributed by atoms with van der Waals surface area (Å²) < 4.78 is 4.93. The third kappa shape index (κ3) is 13.9. The van der Waals surface area contributed by atoms with Gasteiger partial charge in [0.2, 0.25) is 0 Å². The highest BCUT2D eigenvalue weighted by atomic mass is 16.5. The van der Waals surface area contributed by atoms with E-state index in [1.165, 1.54) is 22.3 Å². The molecule has 0 aliphatic rings. The summed E-state index contributed by atoms with van der Waals surface area (Å²) in [6.45, 7) is 8.78. The number of carbonyl (C=O) groups is 1. The molecule has 0 amide bonds. The van der Waals surface area contributed by atoms with E-state index in [-0.39, 0.29) is 14.0 Å². The van der Waals surface area contributed by atoms with Crippen molar-refractivity contribution in [2.75, 3.05) is 20.3 Å². The van der Waals surface area contributed by atoms with Gasteiger partial charge < -0.3 is 9.84 Å². The number of aliphatic hydroxyl groups is 1. The van der Waals surface area contributed by atoms with Gasteiger partial charge in [0.05, 0.1) is 6.61 Å². The minimum atomic E-state index is 0. The van der Waals surface area contributed by atoms with Crippen molar-refractivity contribution in [3.05, 3.63) is 119 Å². The molecule has 3 aromatic rings. The van der Waals surface area contributed by atoms with Crippen molar-refractivity contribution in [3.8, 4) is 0 Å². The summed E-state index contributed by atoms with van der Waals surface area (Å²) in [5.41, 5.74) is 6.99. The molecule has 0 aromatic heterocycles. The van der Waals surface area contributed by atoms with E-state index < -0.39 is 0 Å². The van der Waals surface area contributed by atoms with Crippen LogP contribution in [0.5, 0.6) is 0 Å². The molecule has 0 heterocycles. The van der Waals surface area contributed by atoms with Gasteiger partial charge in [-0.05, 0) is 55.9 Å². The molecule has 33 heavy (non-hydrogen) atoms. The number of benzene rings is 3. The monoisotopic (exact) mass is 448 g/mol. The number of methoxy groups -OCH3 is 1. The van der Waals surface area contributed by atoms with Crippen LogP contribution < -0.4 is 0 Å². The lowest BCUT2D eigenvalue weighted by Crippen LogP contribution is -1.94. The van der Waals surface area contributed by atoms with E-state index in [1.807, 2.05) is 36.4 Å². The van der Waals surface area contributed by atoms with Crippen LogP contribution in [-0.2, 0) is 24.0 Å². The number of carbonyl (C=O) groups excluding carboxylic acids is 1. The first-order chi connectivity index (χ1) is 15.5. The number of rotatable bonds is 8. The molecule has 0 fully saturated rings. The van der Waals surface area contributed by atoms with E-state index >= 15 is 0 Å². The number of allylic oxidation sites excluding steroid dienone is 1. The Kier molecular flexibility index (Phi) is 16.9. The van der Waals surface area contributed by atoms with Gasteiger partial charge in [-0.15, -0.1) is 6.58 Å². The Bertz CT molecular complexity index is 931. The molecule has 0 saturated carbocycles. The van der Waals surface area contributed by atoms with E-state index in [0.29, 0.717) is 6.61 Å². The van der Waals surface area contributed by atoms with Crippen LogP contribution >= 0.6 is 0 Å². The third-order valence-corrected chi connectivity index (χ3v) is 4.63. The van der Waals surface area contributed by atoms with Crippen molar-refractivity contribution in [2.24, 2.45) is 0 Å². The lowest BCUT2D eigenvalue weighted by Gasteiger charge is -1.99. The largest absolute Gasteiger partial charge is 0.396 e. The predicted octanol–water partition coefficient (Wildman–Crippen LogP) is 6.58. The minimum absolute atomic E-state index is 0. The zero-order chi connectivity index (χ0) is 23.6. The predicted molar refractivity (Wildman–Crippen MR) is 141 cm³/mol. The standard InChI is InChI=1S/C10H12O2.C10H12.C9H12O.CH4/c1-12-6-5-9-3-2-4-10(7-9)8-11;1-3-5-10-7-4-6-9(2)8-10;1-8-3-2-4-9(7-8)5-6-10;/h2-4,7-8H,5-6H2,1H3;3-4,6-8H,1,5H2,2H3;2-4,7,10H,5-6H2,1H3;1H4. The molecule has 3 aromatic carbocycles. The van der Waals surface area contributed by atoms with E-state index in [4.69, 9.17) is 9.84 Å². The van der Waals surface area contributed by atoms with Crippen molar-refractivity contribution >= 4 is 6.29 Å². The minimum Gasteiger partial charge on any atom is -0.396 e. The molecule has 0 aliphatic carbocycles. The van der Waals surface area contributed by atoms with Crippen LogP contribution in [0, 0.1) is 13.8 Å². The summed E-state index contributed by atoms with van der Waals surface area (Å²) in [5.74, 6) is 0. The fourth-order valence-corrected chi connectivity index (χ4v) is 3.04. The van der Waals surface area contributed by atoms with E-state index in [1.54, 1.807) is 13.2 Å². The van der Waals surface area contributed by atoms with Crippen LogP contribution in [0.15, 0.2) is 85.5 Å². The van der Waals surface area contributed by atoms with Crippen molar-refractivity contribution in [3.63, 3.8) is 0 Å². The van der Waals surface area contributed by atoms with Crippen molar-refractivity contribution < 1.29 is 14.6 Å². The van der Waals surface area contributed by atoms with Gasteiger partial charge in [-0.3, -0.25) is 4.79 Å². The fraction of sp³-hybridized carbons (Fsp3) is 0.300. The summed E-state index contributed by atoms with van der Waals surface area (Å²) in [6.07, 6.45) is 5.38. The van der Waals surface area contributed by atoms with Crippen molar-refractivity contribution in [1.29, 1.82) is 0 Å². The Labute approximate surface area is 200 Å². The van der Waals surface area contributed by atoms with Gasteiger partial charge in [-0.2, -0.15) is 0 Å². The van der Waals surface area contributed by atoms with Crippen LogP contribution in [0.25, 0.3) is 0 Å². The number of aliphatic hydroxyl groups excluding tert-OH is 1. The molecule has 1 N–H and O–H groups in total. The number of aldehydes is 1. The van der Waals surface area contributed by atoms with E-state index in [0.717, 1.165) is 36.7 Å². The van der Waals surface area contributed by atoms with Crippen molar-refractivity contribution in [2.45, 2.75) is 40.5 Å². The van der Waals surface area contributed by atoms with E-state index in [2.05, 4.69) is 56.8 Å². The second-order valence-corrected chi connectivity index (χ2v) is 7.55. The molecule has 3 rings (SSSR count). The summed E-state index contributed by atoms with van der Waals surface area (Å²) in [4.78, 5) is 10.4. The zero-order valence-corrected chi connectivity index (χ0v) is 19.6. The highest BCUT2D eigenvalue weighted by molar-refractivity contribution is 5.74. The molecule has 0 unspecified atom stereocenters. The van der Waals surface area contributed by atoms with Crippen LogP contribution in [0.2, 0.25) is 0 Å². The van der Waals surface area contributed by atoms with E-state index in [9.17, 15) is 4.79 Å². The average molecular weight is 449 g/mol. The van der Waals surface area contributed by atoms with Gasteiger partial charge in [0.15, 0.2) is 0 Å². The highest BCUT2D eigenvalue weighted by Gasteiger charge is 1.94. The maximum Gasteiger partial charge on any atom is 0.150 e. The number of aryl methyl sites for hydroxylation is 2. The molecule has 0 bridgehead atoms. The lowest BCUT2D eigenvalue weighted by atomic mass is 10.1. The fourth-order valence-electron chi connectivity index (χ4n) is 3.04. The summed E-state index contributed by atoms with van der Waals surface area (Å²) >= 11 is 0. The third-order valence-electron chi connectivity index (χ3n) is 4.63. The highest BCUT2D eigenvalue weighted by Crippen LogP contribution is 2.05. The second kappa shape index (κ2) is 18.6. The second-order valence-electron chi connectivity index (χ2n) is 7.55. The normalized spacial score (nSPS) is 9.33. The Morgan fingerprint density at radius 2 is 1.39 bits per heavy atom. The van der Waals surface area contributed by atoms with Crippen LogP contribution in [-0.4, -0.2) is 31.7 Å². The topological polar surface area (TPSA) is 46.5 Å². The van der Waals surface area contributed by atoms with Gasteiger partial charge in [0.25, 0.3) is 0 Å². The van der Waals surface area contributed by atoms with Gasteiger partial charge in [-0.1, -0.05) is 91.4 Å². The molecule has 0 aliphatic heterocycles. The first-order valence-electron chi connectivity index (χ1n) is 10.9. The summed E-state index contributed by atoms with van der Waals surface area (Å²) in [6, 6.07) is 24.2. The van der Waals surface area contributed by atoms with Crippen molar-refractivity contribution in [1.82, 2.24) is 0 Å². The smallest absolute Gasteiger partial charge is 0.150 e. The maximum absolute atomic E-state index is 10.4. The molecule has 0 spiro atoms. The Morgan fingerprint density at radius 1 is 0.848 bits per heavy atom. The van der Waals surface area contributed by atoms with Crippen LogP contribution in [0.3, 0.4) is 0 Å². The quantitative estimate of drug-likeness (QED) is 0.313. The molecular formula is C30H40O3. The Balaban J connectivity index is 0.000000461. The van der Waals surface area contributed by atoms with Gasteiger partial charge >= 0.3 is 0 Å². The molecule has 178 valence electrons. The SMILES string of the molecule is C.C=CCc1cccc(C)c1.COCCc1cccc(C=O)c1.Cc1cccc(CCO)c1. The first-order valence-corrected chi connectivity index (χ1v) is 10.9. The molecule has 3 nitrogen and oxygen atoms in total. The first kappa shape index (κ1) is 30.0. The molecule has 3 heteroatoms. The lowest BCUT2D eigenvalue weighted by molar-refractivity contribution is 0.112. The average Bonchev–Trinajstić information content (AvgIpc) is 2.79.